The van der Waals surface area contributed by atoms with Crippen LogP contribution in [0.5, 0.6) is 0 Å². The lowest BCUT2D eigenvalue weighted by molar-refractivity contribution is 0.254. The van der Waals surface area contributed by atoms with Crippen molar-refractivity contribution in [3.05, 3.63) is 10.9 Å². The first-order chi connectivity index (χ1) is 4.83. The minimum Gasteiger partial charge on any atom is -0.341 e. The van der Waals surface area contributed by atoms with Crippen molar-refractivity contribution in [1.82, 2.24) is 10.3 Å². The number of rotatable bonds is 1. The number of nitrogens with one attached hydrogen (secondary N) is 2. The molecule has 1 rings (SSSR count). The topological polar surface area (TPSA) is 54.0 Å². The molecule has 0 aliphatic rings. The largest absolute Gasteiger partial charge is 0.341 e. The quantitative estimate of drug-likeness (QED) is 0.636. The predicted octanol–water partition coefficient (Wildman–Crippen LogP) is 0.894. The Morgan fingerprint density at radius 3 is 3.10 bits per heavy atom. The molecule has 4 nitrogen and oxygen atoms in total. The number of carbonyl (C=O) groups is 1. The zero-order valence-corrected chi connectivity index (χ0v) is 6.23. The van der Waals surface area contributed by atoms with Crippen LogP contribution in [0.15, 0.2) is 10.9 Å². The standard InChI is InChI=1S/C5H7N3OS/c1-6-5(9)8-4-2-10-3-7-4/h2-3H,1H3,(H2,6,8,9). The van der Waals surface area contributed by atoms with Crippen LogP contribution in [0.2, 0.25) is 0 Å². The number of hydrogen-bond acceptors (Lipinski definition) is 3. The number of hydrogen-bond donors (Lipinski definition) is 2. The van der Waals surface area contributed by atoms with Gasteiger partial charge in [0.15, 0.2) is 0 Å². The fraction of sp³-hybridized carbons (Fsp3) is 0.200. The molecule has 0 spiro atoms. The van der Waals surface area contributed by atoms with Crippen LogP contribution in [0.4, 0.5) is 10.6 Å². The van der Waals surface area contributed by atoms with Crippen LogP contribution in [0.3, 0.4) is 0 Å². The van der Waals surface area contributed by atoms with Gasteiger partial charge in [-0.25, -0.2) is 9.78 Å². The summed E-state index contributed by atoms with van der Waals surface area (Å²) in [5, 5.41) is 6.70. The molecule has 5 heteroatoms. The summed E-state index contributed by atoms with van der Waals surface area (Å²) in [6.45, 7) is 0. The Labute approximate surface area is 62.3 Å². The number of aromatic nitrogens is 1. The number of nitrogens with zero attached hydrogens (tertiary/aromatic N) is 1. The number of thiazole rings is 1. The van der Waals surface area contributed by atoms with E-state index in [1.54, 1.807) is 17.9 Å². The Kier molecular flexibility index (Phi) is 2.22. The Balaban J connectivity index is 2.48. The van der Waals surface area contributed by atoms with Crippen molar-refractivity contribution in [2.75, 3.05) is 12.4 Å². The van der Waals surface area contributed by atoms with Crippen LogP contribution >= 0.6 is 11.3 Å². The molecular weight excluding hydrogens is 150 g/mol. The molecule has 0 aliphatic heterocycles. The molecule has 0 saturated carbocycles. The van der Waals surface area contributed by atoms with Crippen LogP contribution < -0.4 is 10.6 Å². The number of anilines is 1. The van der Waals surface area contributed by atoms with Crippen molar-refractivity contribution in [3.63, 3.8) is 0 Å². The zero-order valence-electron chi connectivity index (χ0n) is 5.42. The van der Waals surface area contributed by atoms with Gasteiger partial charge in [-0.05, 0) is 0 Å². The lowest BCUT2D eigenvalue weighted by atomic mass is 10.7. The van der Waals surface area contributed by atoms with Crippen molar-refractivity contribution in [2.24, 2.45) is 0 Å². The van der Waals surface area contributed by atoms with E-state index in [1.807, 2.05) is 0 Å². The molecule has 1 aromatic heterocycles. The second-order valence-corrected chi connectivity index (χ2v) is 2.30. The molecule has 2 amide bonds. The van der Waals surface area contributed by atoms with Crippen molar-refractivity contribution in [2.45, 2.75) is 0 Å². The molecule has 0 atom stereocenters. The molecule has 0 bridgehead atoms. The van der Waals surface area contributed by atoms with Gasteiger partial charge < -0.3 is 5.32 Å². The highest BCUT2D eigenvalue weighted by Gasteiger charge is 1.97. The second kappa shape index (κ2) is 3.17. The van der Waals surface area contributed by atoms with Crippen LogP contribution in [0.1, 0.15) is 0 Å². The first-order valence-electron chi connectivity index (χ1n) is 2.70. The highest BCUT2D eigenvalue weighted by atomic mass is 32.1. The van der Waals surface area contributed by atoms with E-state index in [0.29, 0.717) is 5.82 Å². The predicted molar refractivity (Wildman–Crippen MR) is 40.2 cm³/mol. The van der Waals surface area contributed by atoms with E-state index in [0.717, 1.165) is 0 Å². The third-order valence-corrected chi connectivity index (χ3v) is 1.49. The van der Waals surface area contributed by atoms with E-state index in [9.17, 15) is 4.79 Å². The fourth-order valence-corrected chi connectivity index (χ4v) is 0.937. The SMILES string of the molecule is CNC(=O)Nc1cscn1. The summed E-state index contributed by atoms with van der Waals surface area (Å²) in [4.78, 5) is 14.5. The molecule has 0 unspecified atom stereocenters. The van der Waals surface area contributed by atoms with Gasteiger partial charge in [-0.2, -0.15) is 0 Å². The molecule has 1 aromatic rings. The summed E-state index contributed by atoms with van der Waals surface area (Å²) < 4.78 is 0. The van der Waals surface area contributed by atoms with Gasteiger partial charge in [0, 0.05) is 12.4 Å². The highest BCUT2D eigenvalue weighted by molar-refractivity contribution is 7.07. The van der Waals surface area contributed by atoms with Gasteiger partial charge in [0.1, 0.15) is 5.82 Å². The Bertz CT molecular complexity index is 209. The van der Waals surface area contributed by atoms with Crippen molar-refractivity contribution in [3.8, 4) is 0 Å². The average Bonchev–Trinajstić information content (AvgIpc) is 2.40. The van der Waals surface area contributed by atoms with E-state index in [1.165, 1.54) is 11.3 Å². The fourth-order valence-electron chi connectivity index (χ4n) is 0.453. The normalized spacial score (nSPS) is 8.90. The Morgan fingerprint density at radius 2 is 2.60 bits per heavy atom. The summed E-state index contributed by atoms with van der Waals surface area (Å²) in [7, 11) is 1.56. The minimum absolute atomic E-state index is 0.245. The van der Waals surface area contributed by atoms with Crippen LogP contribution in [-0.4, -0.2) is 18.1 Å². The molecule has 1 heterocycles. The summed E-state index contributed by atoms with van der Waals surface area (Å²) in [5.41, 5.74) is 1.66. The van der Waals surface area contributed by atoms with Gasteiger partial charge in [-0.1, -0.05) is 0 Å². The molecule has 2 N–H and O–H groups in total. The Morgan fingerprint density at radius 1 is 1.80 bits per heavy atom. The molecular formula is C5H7N3OS. The van der Waals surface area contributed by atoms with E-state index >= 15 is 0 Å². The maximum atomic E-state index is 10.6. The van der Waals surface area contributed by atoms with E-state index in [2.05, 4.69) is 15.6 Å². The van der Waals surface area contributed by atoms with Crippen LogP contribution in [0, 0.1) is 0 Å². The maximum absolute atomic E-state index is 10.6. The van der Waals surface area contributed by atoms with E-state index < -0.39 is 0 Å². The maximum Gasteiger partial charge on any atom is 0.320 e. The average molecular weight is 157 g/mol. The highest BCUT2D eigenvalue weighted by Crippen LogP contribution is 2.05. The zero-order chi connectivity index (χ0) is 7.40. The summed E-state index contributed by atoms with van der Waals surface area (Å²) in [6.07, 6.45) is 0. The lowest BCUT2D eigenvalue weighted by Gasteiger charge is -1.97. The first kappa shape index (κ1) is 7.01. The van der Waals surface area contributed by atoms with Gasteiger partial charge in [-0.3, -0.25) is 5.32 Å². The molecule has 54 valence electrons. The van der Waals surface area contributed by atoms with E-state index in [-0.39, 0.29) is 6.03 Å². The smallest absolute Gasteiger partial charge is 0.320 e. The molecule has 0 saturated heterocycles. The van der Waals surface area contributed by atoms with Gasteiger partial charge in [0.05, 0.1) is 5.51 Å². The molecule has 0 aromatic carbocycles. The van der Waals surface area contributed by atoms with Gasteiger partial charge in [0.25, 0.3) is 0 Å². The summed E-state index contributed by atoms with van der Waals surface area (Å²) >= 11 is 1.44. The third kappa shape index (κ3) is 1.70. The first-order valence-corrected chi connectivity index (χ1v) is 3.64. The van der Waals surface area contributed by atoms with Crippen molar-refractivity contribution in [1.29, 1.82) is 0 Å². The number of carbonyl (C=O) groups excluding carboxylic acids is 1. The van der Waals surface area contributed by atoms with Crippen LogP contribution in [0.25, 0.3) is 0 Å². The number of urea groups is 1. The third-order valence-electron chi connectivity index (χ3n) is 0.901. The second-order valence-electron chi connectivity index (χ2n) is 1.58. The van der Waals surface area contributed by atoms with Gasteiger partial charge in [0.2, 0.25) is 0 Å². The summed E-state index contributed by atoms with van der Waals surface area (Å²) in [6, 6.07) is -0.245. The Hall–Kier alpha value is -1.10. The van der Waals surface area contributed by atoms with Crippen LogP contribution in [-0.2, 0) is 0 Å². The van der Waals surface area contributed by atoms with Gasteiger partial charge >= 0.3 is 6.03 Å². The minimum atomic E-state index is -0.245. The van der Waals surface area contributed by atoms with E-state index in [4.69, 9.17) is 0 Å². The molecule has 0 aliphatic carbocycles. The van der Waals surface area contributed by atoms with Crippen molar-refractivity contribution >= 4 is 23.2 Å². The lowest BCUT2D eigenvalue weighted by Crippen LogP contribution is -2.24. The molecule has 0 fully saturated rings. The number of amides is 2. The van der Waals surface area contributed by atoms with Gasteiger partial charge in [-0.15, -0.1) is 11.3 Å². The molecule has 10 heavy (non-hydrogen) atoms. The molecule has 0 radical (unpaired) electrons. The monoisotopic (exact) mass is 157 g/mol. The summed E-state index contributed by atoms with van der Waals surface area (Å²) in [5.74, 6) is 0.587. The van der Waals surface area contributed by atoms with Crippen molar-refractivity contribution < 1.29 is 4.79 Å².